The van der Waals surface area contributed by atoms with Crippen LogP contribution in [0.2, 0.25) is 0 Å². The zero-order valence-corrected chi connectivity index (χ0v) is 12.7. The van der Waals surface area contributed by atoms with E-state index in [1.807, 2.05) is 13.8 Å². The summed E-state index contributed by atoms with van der Waals surface area (Å²) in [7, 11) is -2.51. The lowest BCUT2D eigenvalue weighted by Gasteiger charge is -2.18. The summed E-state index contributed by atoms with van der Waals surface area (Å²) >= 11 is 0. The van der Waals surface area contributed by atoms with Gasteiger partial charge in [0.05, 0.1) is 12.7 Å². The first kappa shape index (κ1) is 16.5. The maximum Gasteiger partial charge on any atom is 0.335 e. The molecule has 112 valence electrons. The van der Waals surface area contributed by atoms with Gasteiger partial charge in [0.1, 0.15) is 10.6 Å². The van der Waals surface area contributed by atoms with E-state index in [2.05, 4.69) is 4.72 Å². The van der Waals surface area contributed by atoms with Crippen molar-refractivity contribution in [2.75, 3.05) is 7.11 Å². The van der Waals surface area contributed by atoms with E-state index in [-0.39, 0.29) is 28.2 Å². The number of rotatable bonds is 6. The first-order chi connectivity index (χ1) is 9.19. The molecule has 2 N–H and O–H groups in total. The number of carboxylic acid groups (broad SMARTS) is 1. The van der Waals surface area contributed by atoms with Crippen LogP contribution in [-0.2, 0) is 10.0 Å². The molecular formula is C13H19NO5S. The molecular weight excluding hydrogens is 282 g/mol. The predicted molar refractivity (Wildman–Crippen MR) is 74.6 cm³/mol. The van der Waals surface area contributed by atoms with E-state index in [0.717, 1.165) is 6.07 Å². The molecule has 0 saturated carbocycles. The van der Waals surface area contributed by atoms with Gasteiger partial charge >= 0.3 is 5.97 Å². The smallest absolute Gasteiger partial charge is 0.335 e. The fourth-order valence-corrected chi connectivity index (χ4v) is 3.05. The Balaban J connectivity index is 3.28. The molecule has 6 nitrogen and oxygen atoms in total. The van der Waals surface area contributed by atoms with Crippen molar-refractivity contribution >= 4 is 16.0 Å². The lowest BCUT2D eigenvalue weighted by atomic mass is 10.1. The van der Waals surface area contributed by atoms with Crippen molar-refractivity contribution in [1.29, 1.82) is 0 Å². The van der Waals surface area contributed by atoms with Crippen LogP contribution in [0, 0.1) is 5.92 Å². The van der Waals surface area contributed by atoms with Crippen LogP contribution in [0.4, 0.5) is 0 Å². The van der Waals surface area contributed by atoms with Crippen LogP contribution >= 0.6 is 0 Å². The maximum atomic E-state index is 12.3. The number of carboxylic acids is 1. The Morgan fingerprint density at radius 3 is 2.35 bits per heavy atom. The van der Waals surface area contributed by atoms with E-state index in [4.69, 9.17) is 9.84 Å². The molecule has 20 heavy (non-hydrogen) atoms. The van der Waals surface area contributed by atoms with Crippen LogP contribution in [0.25, 0.3) is 0 Å². The molecule has 0 fully saturated rings. The van der Waals surface area contributed by atoms with E-state index in [0.29, 0.717) is 0 Å². The number of hydrogen-bond acceptors (Lipinski definition) is 4. The second-order valence-electron chi connectivity index (χ2n) is 4.82. The summed E-state index contributed by atoms with van der Waals surface area (Å²) in [6.07, 6.45) is 0. The Kier molecular flexibility index (Phi) is 5.13. The quantitative estimate of drug-likeness (QED) is 0.834. The topological polar surface area (TPSA) is 92.7 Å². The minimum Gasteiger partial charge on any atom is -0.495 e. The van der Waals surface area contributed by atoms with Crippen LogP contribution in [0.3, 0.4) is 0 Å². The van der Waals surface area contributed by atoms with Crippen molar-refractivity contribution in [2.24, 2.45) is 5.92 Å². The maximum absolute atomic E-state index is 12.3. The van der Waals surface area contributed by atoms with Crippen molar-refractivity contribution in [3.05, 3.63) is 23.8 Å². The van der Waals surface area contributed by atoms with Gasteiger partial charge < -0.3 is 9.84 Å². The number of benzene rings is 1. The summed E-state index contributed by atoms with van der Waals surface area (Å²) in [6.45, 7) is 5.52. The molecule has 0 heterocycles. The monoisotopic (exact) mass is 301 g/mol. The molecule has 1 unspecified atom stereocenters. The molecule has 0 aliphatic rings. The van der Waals surface area contributed by atoms with Crippen LogP contribution in [0.15, 0.2) is 23.1 Å². The highest BCUT2D eigenvalue weighted by molar-refractivity contribution is 7.89. The molecule has 0 aliphatic heterocycles. The van der Waals surface area contributed by atoms with Crippen molar-refractivity contribution in [3.8, 4) is 5.75 Å². The van der Waals surface area contributed by atoms with Crippen LogP contribution in [0.5, 0.6) is 5.75 Å². The van der Waals surface area contributed by atoms with Gasteiger partial charge in [-0.2, -0.15) is 0 Å². The normalized spacial score (nSPS) is 13.2. The highest BCUT2D eigenvalue weighted by Gasteiger charge is 2.24. The summed E-state index contributed by atoms with van der Waals surface area (Å²) in [5.74, 6) is -0.974. The fourth-order valence-electron chi connectivity index (χ4n) is 1.46. The number of nitrogens with one attached hydrogen (secondary N) is 1. The highest BCUT2D eigenvalue weighted by Crippen LogP contribution is 2.25. The van der Waals surface area contributed by atoms with Crippen LogP contribution in [0.1, 0.15) is 31.1 Å². The standard InChI is InChI=1S/C13H19NO5S/c1-8(2)9(3)14-20(17,18)12-7-10(13(15)16)5-6-11(12)19-4/h5-9,14H,1-4H3,(H,15,16). The lowest BCUT2D eigenvalue weighted by molar-refractivity contribution is 0.0696. The van der Waals surface area contributed by atoms with Gasteiger partial charge in [-0.15, -0.1) is 0 Å². The van der Waals surface area contributed by atoms with Crippen molar-refractivity contribution < 1.29 is 23.1 Å². The first-order valence-corrected chi connectivity index (χ1v) is 7.61. The average molecular weight is 301 g/mol. The molecule has 0 aliphatic carbocycles. The minimum absolute atomic E-state index is 0.108. The van der Waals surface area contributed by atoms with Gasteiger partial charge in [-0.1, -0.05) is 13.8 Å². The summed E-state index contributed by atoms with van der Waals surface area (Å²) in [4.78, 5) is 10.8. The van der Waals surface area contributed by atoms with Gasteiger partial charge in [-0.25, -0.2) is 17.9 Å². The molecule has 1 rings (SSSR count). The Morgan fingerprint density at radius 2 is 1.90 bits per heavy atom. The third-order valence-corrected chi connectivity index (χ3v) is 4.62. The molecule has 0 radical (unpaired) electrons. The van der Waals surface area contributed by atoms with Gasteiger partial charge in [0.25, 0.3) is 0 Å². The highest BCUT2D eigenvalue weighted by atomic mass is 32.2. The fraction of sp³-hybridized carbons (Fsp3) is 0.462. The van der Waals surface area contributed by atoms with Crippen LogP contribution in [-0.4, -0.2) is 32.6 Å². The number of ether oxygens (including phenoxy) is 1. The molecule has 1 aromatic rings. The summed E-state index contributed by atoms with van der Waals surface area (Å²) in [6, 6.07) is 3.44. The van der Waals surface area contributed by atoms with Gasteiger partial charge in [0.2, 0.25) is 10.0 Å². The molecule has 1 aromatic carbocycles. The Hall–Kier alpha value is -1.60. The summed E-state index contributed by atoms with van der Waals surface area (Å²) in [5, 5.41) is 8.95. The molecule has 0 bridgehead atoms. The Bertz CT molecular complexity index is 595. The third kappa shape index (κ3) is 3.71. The summed E-state index contributed by atoms with van der Waals surface area (Å²) < 4.78 is 32.1. The number of sulfonamides is 1. The van der Waals surface area contributed by atoms with Crippen LogP contribution < -0.4 is 9.46 Å². The van der Waals surface area contributed by atoms with E-state index >= 15 is 0 Å². The average Bonchev–Trinajstić information content (AvgIpc) is 2.37. The SMILES string of the molecule is COc1ccc(C(=O)O)cc1S(=O)(=O)NC(C)C(C)C. The second-order valence-corrected chi connectivity index (χ2v) is 6.51. The van der Waals surface area contributed by atoms with Crippen molar-refractivity contribution in [3.63, 3.8) is 0 Å². The van der Waals surface area contributed by atoms with Gasteiger partial charge in [0, 0.05) is 6.04 Å². The summed E-state index contributed by atoms with van der Waals surface area (Å²) in [5.41, 5.74) is -0.108. The van der Waals surface area contributed by atoms with Crippen molar-refractivity contribution in [1.82, 2.24) is 4.72 Å². The molecule has 1 atom stereocenters. The number of carbonyl (C=O) groups is 1. The third-order valence-electron chi connectivity index (χ3n) is 3.04. The molecule has 0 aromatic heterocycles. The predicted octanol–water partition coefficient (Wildman–Crippen LogP) is 1.72. The van der Waals surface area contributed by atoms with Gasteiger partial charge in [-0.3, -0.25) is 0 Å². The number of hydrogen-bond donors (Lipinski definition) is 2. The van der Waals surface area contributed by atoms with Crippen molar-refractivity contribution in [2.45, 2.75) is 31.7 Å². The van der Waals surface area contributed by atoms with E-state index in [1.165, 1.54) is 19.2 Å². The zero-order valence-electron chi connectivity index (χ0n) is 11.9. The minimum atomic E-state index is -3.84. The molecule has 7 heteroatoms. The first-order valence-electron chi connectivity index (χ1n) is 6.12. The zero-order chi connectivity index (χ0) is 15.5. The second kappa shape index (κ2) is 6.23. The Labute approximate surface area is 118 Å². The van der Waals surface area contributed by atoms with E-state index in [9.17, 15) is 13.2 Å². The van der Waals surface area contributed by atoms with E-state index in [1.54, 1.807) is 6.92 Å². The van der Waals surface area contributed by atoms with Gasteiger partial charge in [0.15, 0.2) is 0 Å². The molecule has 0 amide bonds. The number of aromatic carboxylic acids is 1. The lowest BCUT2D eigenvalue weighted by Crippen LogP contribution is -2.36. The Morgan fingerprint density at radius 1 is 1.30 bits per heavy atom. The number of methoxy groups -OCH3 is 1. The molecule has 0 saturated heterocycles. The largest absolute Gasteiger partial charge is 0.495 e. The molecule has 0 spiro atoms. The van der Waals surface area contributed by atoms with Gasteiger partial charge in [-0.05, 0) is 31.0 Å². The van der Waals surface area contributed by atoms with E-state index < -0.39 is 16.0 Å².